The summed E-state index contributed by atoms with van der Waals surface area (Å²) < 4.78 is 14.7. The molecule has 2 aromatic rings. The van der Waals surface area contributed by atoms with Crippen LogP contribution in [-0.2, 0) is 6.61 Å². The number of halogens is 1. The molecule has 0 atom stereocenters. The molecule has 90 valence electrons. The first-order valence-corrected chi connectivity index (χ1v) is 6.09. The van der Waals surface area contributed by atoms with Crippen molar-refractivity contribution in [3.63, 3.8) is 0 Å². The Morgan fingerprint density at radius 1 is 1.47 bits per heavy atom. The number of aryl methyl sites for hydroxylation is 1. The maximum atomic E-state index is 5.96. The molecule has 2 rings (SSSR count). The fourth-order valence-corrected chi connectivity index (χ4v) is 2.15. The zero-order chi connectivity index (χ0) is 12.3. The summed E-state index contributed by atoms with van der Waals surface area (Å²) in [5.74, 6) is 1.21. The number of rotatable bonds is 4. The molecule has 17 heavy (non-hydrogen) atoms. The Morgan fingerprint density at radius 3 is 2.94 bits per heavy atom. The highest BCUT2D eigenvalue weighted by Crippen LogP contribution is 2.27. The van der Waals surface area contributed by atoms with E-state index in [0.717, 1.165) is 10.4 Å². The highest BCUT2D eigenvalue weighted by atomic mass is 35.5. The van der Waals surface area contributed by atoms with Crippen LogP contribution in [0.25, 0.3) is 0 Å². The molecule has 4 nitrogen and oxygen atoms in total. The standard InChI is InChI=1S/C11H11ClN2O2S/c1-7-3-4-13-11(12)10(7)16-6-8-5-9(15-2)14-17-8/h3-5H,6H2,1-2H3. The summed E-state index contributed by atoms with van der Waals surface area (Å²) in [6, 6.07) is 3.69. The van der Waals surface area contributed by atoms with Gasteiger partial charge in [-0.2, -0.15) is 4.37 Å². The number of hydrogen-bond acceptors (Lipinski definition) is 5. The first-order valence-electron chi connectivity index (χ1n) is 4.94. The summed E-state index contributed by atoms with van der Waals surface area (Å²) in [5.41, 5.74) is 0.960. The zero-order valence-corrected chi connectivity index (χ0v) is 11.0. The van der Waals surface area contributed by atoms with Crippen molar-refractivity contribution < 1.29 is 9.47 Å². The average Bonchev–Trinajstić information content (AvgIpc) is 2.76. The van der Waals surface area contributed by atoms with Crippen molar-refractivity contribution >= 4 is 23.1 Å². The number of pyridine rings is 1. The Morgan fingerprint density at radius 2 is 2.29 bits per heavy atom. The zero-order valence-electron chi connectivity index (χ0n) is 9.44. The minimum absolute atomic E-state index is 0.376. The number of aromatic nitrogens is 2. The van der Waals surface area contributed by atoms with Gasteiger partial charge in [-0.15, -0.1) is 0 Å². The Labute approximate surface area is 108 Å². The lowest BCUT2D eigenvalue weighted by Crippen LogP contribution is -1.96. The van der Waals surface area contributed by atoms with Gasteiger partial charge in [-0.05, 0) is 30.1 Å². The molecule has 0 saturated carbocycles. The molecule has 0 aromatic carbocycles. The molecule has 0 radical (unpaired) electrons. The molecule has 0 aliphatic rings. The van der Waals surface area contributed by atoms with Crippen LogP contribution in [0.3, 0.4) is 0 Å². The third kappa shape index (κ3) is 2.87. The Hall–Kier alpha value is -1.33. The van der Waals surface area contributed by atoms with E-state index in [1.165, 1.54) is 11.5 Å². The highest BCUT2D eigenvalue weighted by molar-refractivity contribution is 7.05. The van der Waals surface area contributed by atoms with Gasteiger partial charge >= 0.3 is 0 Å². The Kier molecular flexibility index (Phi) is 3.81. The fourth-order valence-electron chi connectivity index (χ4n) is 1.29. The largest absolute Gasteiger partial charge is 0.484 e. The van der Waals surface area contributed by atoms with Gasteiger partial charge < -0.3 is 9.47 Å². The van der Waals surface area contributed by atoms with Crippen molar-refractivity contribution in [2.75, 3.05) is 7.11 Å². The van der Waals surface area contributed by atoms with Crippen molar-refractivity contribution in [3.05, 3.63) is 33.9 Å². The molecular formula is C11H11ClN2O2S. The lowest BCUT2D eigenvalue weighted by Gasteiger charge is -2.08. The second kappa shape index (κ2) is 5.33. The molecule has 0 N–H and O–H groups in total. The third-order valence-corrected chi connectivity index (χ3v) is 3.17. The van der Waals surface area contributed by atoms with Crippen LogP contribution in [0.2, 0.25) is 5.15 Å². The Balaban J connectivity index is 2.07. The summed E-state index contributed by atoms with van der Waals surface area (Å²) >= 11 is 7.30. The second-order valence-corrected chi connectivity index (χ2v) is 4.62. The van der Waals surface area contributed by atoms with E-state index in [2.05, 4.69) is 9.36 Å². The Bertz CT molecular complexity index is 496. The maximum absolute atomic E-state index is 5.96. The highest BCUT2D eigenvalue weighted by Gasteiger charge is 2.08. The van der Waals surface area contributed by atoms with Gasteiger partial charge in [0.1, 0.15) is 6.61 Å². The van der Waals surface area contributed by atoms with Crippen LogP contribution < -0.4 is 9.47 Å². The van der Waals surface area contributed by atoms with Crippen LogP contribution in [0.1, 0.15) is 10.4 Å². The molecule has 0 saturated heterocycles. The summed E-state index contributed by atoms with van der Waals surface area (Å²) in [6.45, 7) is 2.34. The van der Waals surface area contributed by atoms with Gasteiger partial charge in [0.25, 0.3) is 0 Å². The summed E-state index contributed by atoms with van der Waals surface area (Å²) in [6.07, 6.45) is 1.65. The van der Waals surface area contributed by atoms with E-state index >= 15 is 0 Å². The molecular weight excluding hydrogens is 260 g/mol. The number of ether oxygens (including phenoxy) is 2. The number of methoxy groups -OCH3 is 1. The van der Waals surface area contributed by atoms with Crippen LogP contribution in [0.5, 0.6) is 11.6 Å². The van der Waals surface area contributed by atoms with Crippen LogP contribution in [0.4, 0.5) is 0 Å². The van der Waals surface area contributed by atoms with E-state index < -0.39 is 0 Å². The van der Waals surface area contributed by atoms with Gasteiger partial charge in [-0.25, -0.2) is 4.98 Å². The van der Waals surface area contributed by atoms with Gasteiger partial charge in [0, 0.05) is 12.3 Å². The van der Waals surface area contributed by atoms with Crippen LogP contribution in [0, 0.1) is 6.92 Å². The van der Waals surface area contributed by atoms with E-state index in [0.29, 0.717) is 23.4 Å². The number of nitrogens with zero attached hydrogens (tertiary/aromatic N) is 2. The van der Waals surface area contributed by atoms with E-state index in [1.807, 2.05) is 19.1 Å². The minimum Gasteiger partial charge on any atom is -0.484 e. The van der Waals surface area contributed by atoms with Crippen molar-refractivity contribution in [1.82, 2.24) is 9.36 Å². The van der Waals surface area contributed by atoms with Gasteiger partial charge in [-0.3, -0.25) is 0 Å². The molecule has 0 aliphatic carbocycles. The molecule has 0 aliphatic heterocycles. The summed E-state index contributed by atoms with van der Waals surface area (Å²) in [7, 11) is 1.59. The maximum Gasteiger partial charge on any atom is 0.225 e. The number of hydrogen-bond donors (Lipinski definition) is 0. The smallest absolute Gasteiger partial charge is 0.225 e. The third-order valence-electron chi connectivity index (χ3n) is 2.16. The van der Waals surface area contributed by atoms with Gasteiger partial charge in [-0.1, -0.05) is 11.6 Å². The first-order chi connectivity index (χ1) is 8.20. The van der Waals surface area contributed by atoms with E-state index in [-0.39, 0.29) is 0 Å². The predicted molar refractivity (Wildman–Crippen MR) is 67.0 cm³/mol. The van der Waals surface area contributed by atoms with Crippen LogP contribution in [-0.4, -0.2) is 16.5 Å². The monoisotopic (exact) mass is 270 g/mol. The van der Waals surface area contributed by atoms with Crippen molar-refractivity contribution in [3.8, 4) is 11.6 Å². The first kappa shape index (κ1) is 12.1. The van der Waals surface area contributed by atoms with E-state index in [1.54, 1.807) is 13.3 Å². The second-order valence-electron chi connectivity index (χ2n) is 3.37. The predicted octanol–water partition coefficient (Wildman–Crippen LogP) is 3.09. The van der Waals surface area contributed by atoms with Crippen molar-refractivity contribution in [2.24, 2.45) is 0 Å². The minimum atomic E-state index is 0.376. The van der Waals surface area contributed by atoms with Crippen molar-refractivity contribution in [1.29, 1.82) is 0 Å². The van der Waals surface area contributed by atoms with Gasteiger partial charge in [0.05, 0.1) is 12.0 Å². The molecule has 2 aromatic heterocycles. The molecule has 2 heterocycles. The lowest BCUT2D eigenvalue weighted by atomic mass is 10.3. The van der Waals surface area contributed by atoms with Crippen LogP contribution in [0.15, 0.2) is 18.3 Å². The molecule has 0 amide bonds. The topological polar surface area (TPSA) is 44.2 Å². The average molecular weight is 271 g/mol. The lowest BCUT2D eigenvalue weighted by molar-refractivity contribution is 0.306. The molecule has 0 fully saturated rings. The quantitative estimate of drug-likeness (QED) is 0.801. The van der Waals surface area contributed by atoms with E-state index in [4.69, 9.17) is 21.1 Å². The van der Waals surface area contributed by atoms with Gasteiger partial charge in [0.15, 0.2) is 10.9 Å². The molecule has 6 heteroatoms. The molecule has 0 unspecified atom stereocenters. The van der Waals surface area contributed by atoms with E-state index in [9.17, 15) is 0 Å². The van der Waals surface area contributed by atoms with Crippen LogP contribution >= 0.6 is 23.1 Å². The fraction of sp³-hybridized carbons (Fsp3) is 0.273. The summed E-state index contributed by atoms with van der Waals surface area (Å²) in [5, 5.41) is 0.376. The normalized spacial score (nSPS) is 10.3. The molecule has 0 bridgehead atoms. The van der Waals surface area contributed by atoms with Crippen molar-refractivity contribution in [2.45, 2.75) is 13.5 Å². The SMILES string of the molecule is COc1cc(COc2c(C)ccnc2Cl)sn1. The molecule has 0 spiro atoms. The summed E-state index contributed by atoms with van der Waals surface area (Å²) in [4.78, 5) is 4.95. The van der Waals surface area contributed by atoms with Gasteiger partial charge in [0.2, 0.25) is 5.88 Å².